The van der Waals surface area contributed by atoms with Gasteiger partial charge in [0.2, 0.25) is 5.13 Å². The fourth-order valence-corrected chi connectivity index (χ4v) is 2.52. The van der Waals surface area contributed by atoms with E-state index in [0.717, 1.165) is 21.9 Å². The molecule has 0 saturated heterocycles. The minimum Gasteiger partial charge on any atom is -0.486 e. The number of benzene rings is 1. The summed E-state index contributed by atoms with van der Waals surface area (Å²) in [6, 6.07) is 3.74. The number of nitrogen functional groups attached to an aromatic ring is 1. The molecule has 5 nitrogen and oxygen atoms in total. The molecular formula is C11H13ClN4OS. The molecule has 2 aromatic rings. The Morgan fingerprint density at radius 1 is 1.33 bits per heavy atom. The lowest BCUT2D eigenvalue weighted by Gasteiger charge is -2.11. The minimum atomic E-state index is 0.364. The standard InChI is InChI=1S/C11H13ClN4OS/c1-6-3-8(12)4-7(2)10(6)17-5-9-15-16-11(14-13)18-9/h3-4H,5,13H2,1-2H3,(H,14,16). The number of ether oxygens (including phenoxy) is 1. The molecular weight excluding hydrogens is 272 g/mol. The number of nitrogens with two attached hydrogens (primary N) is 1. The van der Waals surface area contributed by atoms with Gasteiger partial charge in [-0.25, -0.2) is 5.84 Å². The van der Waals surface area contributed by atoms with Crippen molar-refractivity contribution in [3.05, 3.63) is 33.3 Å². The van der Waals surface area contributed by atoms with Crippen LogP contribution in [0.15, 0.2) is 12.1 Å². The third-order valence-corrected chi connectivity index (χ3v) is 3.40. The highest BCUT2D eigenvalue weighted by molar-refractivity contribution is 7.15. The topological polar surface area (TPSA) is 73.1 Å². The number of anilines is 1. The van der Waals surface area contributed by atoms with Gasteiger partial charge in [0.1, 0.15) is 12.4 Å². The lowest BCUT2D eigenvalue weighted by atomic mass is 10.1. The summed E-state index contributed by atoms with van der Waals surface area (Å²) < 4.78 is 5.75. The average molecular weight is 285 g/mol. The molecule has 1 aromatic carbocycles. The van der Waals surface area contributed by atoms with Gasteiger partial charge in [0, 0.05) is 5.02 Å². The number of aryl methyl sites for hydroxylation is 2. The Kier molecular flexibility index (Phi) is 4.00. The molecule has 0 fully saturated rings. The molecule has 2 rings (SSSR count). The van der Waals surface area contributed by atoms with E-state index in [9.17, 15) is 0 Å². The number of hydrazine groups is 1. The summed E-state index contributed by atoms with van der Waals surface area (Å²) in [5.41, 5.74) is 4.45. The molecule has 0 atom stereocenters. The predicted molar refractivity (Wildman–Crippen MR) is 73.0 cm³/mol. The number of aromatic nitrogens is 2. The van der Waals surface area contributed by atoms with Gasteiger partial charge in [-0.2, -0.15) is 0 Å². The molecule has 0 radical (unpaired) electrons. The second-order valence-corrected chi connectivity index (χ2v) is 5.30. The minimum absolute atomic E-state index is 0.364. The highest BCUT2D eigenvalue weighted by atomic mass is 35.5. The lowest BCUT2D eigenvalue weighted by molar-refractivity contribution is 0.300. The zero-order valence-corrected chi connectivity index (χ0v) is 11.6. The van der Waals surface area contributed by atoms with Crippen molar-refractivity contribution in [3.63, 3.8) is 0 Å². The van der Waals surface area contributed by atoms with Gasteiger partial charge in [-0.3, -0.25) is 5.43 Å². The number of hydrogen-bond acceptors (Lipinski definition) is 6. The van der Waals surface area contributed by atoms with Crippen molar-refractivity contribution >= 4 is 28.1 Å². The van der Waals surface area contributed by atoms with Crippen molar-refractivity contribution in [2.45, 2.75) is 20.5 Å². The van der Waals surface area contributed by atoms with Gasteiger partial charge in [0.05, 0.1) is 0 Å². The summed E-state index contributed by atoms with van der Waals surface area (Å²) >= 11 is 7.32. The zero-order chi connectivity index (χ0) is 13.1. The summed E-state index contributed by atoms with van der Waals surface area (Å²) in [6.45, 7) is 4.28. The molecule has 0 aliphatic heterocycles. The Bertz CT molecular complexity index is 535. The molecule has 0 bridgehead atoms. The summed E-state index contributed by atoms with van der Waals surface area (Å²) in [4.78, 5) is 0. The molecule has 0 aliphatic rings. The SMILES string of the molecule is Cc1cc(Cl)cc(C)c1OCc1nnc(NN)s1. The summed E-state index contributed by atoms with van der Waals surface area (Å²) in [6.07, 6.45) is 0. The average Bonchev–Trinajstić information content (AvgIpc) is 2.75. The van der Waals surface area contributed by atoms with E-state index in [-0.39, 0.29) is 0 Å². The first kappa shape index (κ1) is 13.1. The zero-order valence-electron chi connectivity index (χ0n) is 10.0. The Morgan fingerprint density at radius 3 is 2.56 bits per heavy atom. The van der Waals surface area contributed by atoms with E-state index in [1.54, 1.807) is 0 Å². The molecule has 0 unspecified atom stereocenters. The quantitative estimate of drug-likeness (QED) is 0.667. The van der Waals surface area contributed by atoms with Gasteiger partial charge >= 0.3 is 0 Å². The van der Waals surface area contributed by atoms with Crippen molar-refractivity contribution in [3.8, 4) is 5.75 Å². The van der Waals surface area contributed by atoms with Crippen LogP contribution in [0.4, 0.5) is 5.13 Å². The van der Waals surface area contributed by atoms with Gasteiger partial charge in [0.25, 0.3) is 0 Å². The first-order chi connectivity index (χ1) is 8.60. The van der Waals surface area contributed by atoms with E-state index in [0.29, 0.717) is 16.8 Å². The number of nitrogens with zero attached hydrogens (tertiary/aromatic N) is 2. The Balaban J connectivity index is 2.10. The largest absolute Gasteiger partial charge is 0.486 e. The predicted octanol–water partition coefficient (Wildman–Crippen LogP) is 2.67. The van der Waals surface area contributed by atoms with Crippen LogP contribution >= 0.6 is 22.9 Å². The van der Waals surface area contributed by atoms with Crippen molar-refractivity contribution in [2.24, 2.45) is 5.84 Å². The van der Waals surface area contributed by atoms with E-state index in [1.807, 2.05) is 26.0 Å². The third kappa shape index (κ3) is 2.90. The first-order valence-corrected chi connectivity index (χ1v) is 6.48. The lowest BCUT2D eigenvalue weighted by Crippen LogP contribution is -2.05. The fraction of sp³-hybridized carbons (Fsp3) is 0.273. The molecule has 0 aliphatic carbocycles. The van der Waals surface area contributed by atoms with Crippen LogP contribution < -0.4 is 16.0 Å². The number of halogens is 1. The van der Waals surface area contributed by atoms with Crippen LogP contribution in [0.1, 0.15) is 16.1 Å². The maximum Gasteiger partial charge on any atom is 0.219 e. The van der Waals surface area contributed by atoms with Crippen molar-refractivity contribution in [1.29, 1.82) is 0 Å². The molecule has 1 aromatic heterocycles. The maximum absolute atomic E-state index is 5.96. The van der Waals surface area contributed by atoms with Crippen LogP contribution in [-0.4, -0.2) is 10.2 Å². The van der Waals surface area contributed by atoms with Crippen molar-refractivity contribution < 1.29 is 4.74 Å². The maximum atomic E-state index is 5.96. The van der Waals surface area contributed by atoms with E-state index >= 15 is 0 Å². The number of nitrogens with one attached hydrogen (secondary N) is 1. The van der Waals surface area contributed by atoms with Crippen LogP contribution in [0.5, 0.6) is 5.75 Å². The van der Waals surface area contributed by atoms with E-state index in [1.165, 1.54) is 11.3 Å². The smallest absolute Gasteiger partial charge is 0.219 e. The fourth-order valence-electron chi connectivity index (χ4n) is 1.63. The van der Waals surface area contributed by atoms with E-state index < -0.39 is 0 Å². The molecule has 96 valence electrons. The van der Waals surface area contributed by atoms with Crippen LogP contribution in [0.25, 0.3) is 0 Å². The highest BCUT2D eigenvalue weighted by Crippen LogP contribution is 2.28. The van der Waals surface area contributed by atoms with Crippen LogP contribution in [0.2, 0.25) is 5.02 Å². The highest BCUT2D eigenvalue weighted by Gasteiger charge is 2.08. The number of rotatable bonds is 4. The van der Waals surface area contributed by atoms with Gasteiger partial charge in [0.15, 0.2) is 5.01 Å². The van der Waals surface area contributed by atoms with Crippen molar-refractivity contribution in [2.75, 3.05) is 5.43 Å². The van der Waals surface area contributed by atoms with Gasteiger partial charge in [-0.05, 0) is 37.1 Å². The molecule has 0 amide bonds. The van der Waals surface area contributed by atoms with Gasteiger partial charge < -0.3 is 4.74 Å². The molecule has 7 heteroatoms. The van der Waals surface area contributed by atoms with Gasteiger partial charge in [-0.15, -0.1) is 10.2 Å². The summed E-state index contributed by atoms with van der Waals surface area (Å²) in [5, 5.41) is 9.83. The van der Waals surface area contributed by atoms with Crippen molar-refractivity contribution in [1.82, 2.24) is 10.2 Å². The van der Waals surface area contributed by atoms with Crippen LogP contribution in [-0.2, 0) is 6.61 Å². The second-order valence-electron chi connectivity index (χ2n) is 3.80. The normalized spacial score (nSPS) is 10.4. The molecule has 0 saturated carbocycles. The monoisotopic (exact) mass is 284 g/mol. The van der Waals surface area contributed by atoms with E-state index in [4.69, 9.17) is 22.2 Å². The molecule has 18 heavy (non-hydrogen) atoms. The van der Waals surface area contributed by atoms with E-state index in [2.05, 4.69) is 15.6 Å². The molecule has 1 heterocycles. The summed E-state index contributed by atoms with van der Waals surface area (Å²) in [5.74, 6) is 6.07. The van der Waals surface area contributed by atoms with Crippen LogP contribution in [0, 0.1) is 13.8 Å². The Labute approximate surface area is 114 Å². The number of hydrogen-bond donors (Lipinski definition) is 2. The Hall–Kier alpha value is -1.37. The third-order valence-electron chi connectivity index (χ3n) is 2.36. The Morgan fingerprint density at radius 2 is 2.00 bits per heavy atom. The summed E-state index contributed by atoms with van der Waals surface area (Å²) in [7, 11) is 0. The van der Waals surface area contributed by atoms with Crippen LogP contribution in [0.3, 0.4) is 0 Å². The first-order valence-electron chi connectivity index (χ1n) is 5.28. The second kappa shape index (κ2) is 5.51. The molecule has 0 spiro atoms. The van der Waals surface area contributed by atoms with Gasteiger partial charge in [-0.1, -0.05) is 22.9 Å². The molecule has 3 N–H and O–H groups in total.